The van der Waals surface area contributed by atoms with E-state index in [0.717, 1.165) is 11.3 Å². The molecule has 11 rings (SSSR count). The van der Waals surface area contributed by atoms with Crippen molar-refractivity contribution in [3.8, 4) is 16.9 Å². The Morgan fingerprint density at radius 1 is 0.490 bits per heavy atom. The number of aromatic nitrogens is 2. The van der Waals surface area contributed by atoms with Crippen molar-refractivity contribution >= 4 is 96.5 Å². The van der Waals surface area contributed by atoms with Crippen molar-refractivity contribution in [2.75, 3.05) is 0 Å². The fourth-order valence-electron chi connectivity index (χ4n) is 8.43. The molecular weight excluding hydrogens is 613 g/mol. The monoisotopic (exact) mass is 640 g/mol. The molecule has 11 aromatic rings. The van der Waals surface area contributed by atoms with Crippen LogP contribution in [0.2, 0.25) is 0 Å². The molecule has 0 amide bonds. The summed E-state index contributed by atoms with van der Waals surface area (Å²) in [5.74, 6) is 0.973. The van der Waals surface area contributed by atoms with Gasteiger partial charge >= 0.3 is 0 Å². The molecule has 0 aliphatic heterocycles. The highest BCUT2D eigenvalue weighted by Gasteiger charge is 2.25. The van der Waals surface area contributed by atoms with Gasteiger partial charge in [0.15, 0.2) is 0 Å². The second-order valence-corrected chi connectivity index (χ2v) is 14.1. The van der Waals surface area contributed by atoms with Crippen LogP contribution in [-0.4, -0.2) is 9.55 Å². The normalized spacial score (nSPS) is 12.2. The van der Waals surface area contributed by atoms with E-state index in [1.54, 1.807) is 0 Å². The Morgan fingerprint density at radius 3 is 1.86 bits per heavy atom. The lowest BCUT2D eigenvalue weighted by Gasteiger charge is -2.17. The topological polar surface area (TPSA) is 17.8 Å². The van der Waals surface area contributed by atoms with E-state index in [9.17, 15) is 0 Å². The first-order valence-corrected chi connectivity index (χ1v) is 17.6. The maximum Gasteiger partial charge on any atom is 0.146 e. The number of aryl methyl sites for hydroxylation is 1. The summed E-state index contributed by atoms with van der Waals surface area (Å²) < 4.78 is 5.00. The van der Waals surface area contributed by atoms with E-state index in [1.807, 2.05) is 11.3 Å². The second kappa shape index (κ2) is 9.99. The van der Waals surface area contributed by atoms with E-state index < -0.39 is 0 Å². The lowest BCUT2D eigenvalue weighted by molar-refractivity contribution is 1.11. The third-order valence-corrected chi connectivity index (χ3v) is 11.8. The van der Waals surface area contributed by atoms with Crippen molar-refractivity contribution in [2.45, 2.75) is 6.92 Å². The van der Waals surface area contributed by atoms with Crippen LogP contribution in [0.1, 0.15) is 5.56 Å². The molecule has 49 heavy (non-hydrogen) atoms. The standard InChI is InChI=1S/C46H28N2S/c1-27-40(29-14-3-2-4-15-29)46(47-43-36-21-11-12-22-39(36)49-45(27)43)48-38-26-25-35-33-19-8-7-17-31(33)32-18-9-10-20-34(32)41(35)42(38)37-24-23-28-13-5-6-16-30(28)44(37)48/h2-26H,1H3. The fourth-order valence-corrected chi connectivity index (χ4v) is 9.58. The zero-order valence-corrected chi connectivity index (χ0v) is 27.6. The first-order valence-electron chi connectivity index (χ1n) is 16.8. The molecule has 0 radical (unpaired) electrons. The fraction of sp³-hybridized carbons (Fsp3) is 0.0217. The Bertz CT molecular complexity index is 3130. The molecule has 0 fully saturated rings. The summed E-state index contributed by atoms with van der Waals surface area (Å²) in [4.78, 5) is 5.72. The van der Waals surface area contributed by atoms with Crippen LogP contribution < -0.4 is 0 Å². The highest BCUT2D eigenvalue weighted by Crippen LogP contribution is 2.47. The molecule has 0 bridgehead atoms. The van der Waals surface area contributed by atoms with Gasteiger partial charge < -0.3 is 0 Å². The molecule has 228 valence electrons. The number of hydrogen-bond acceptors (Lipinski definition) is 2. The van der Waals surface area contributed by atoms with E-state index in [1.165, 1.54) is 96.4 Å². The van der Waals surface area contributed by atoms with Gasteiger partial charge in [0.05, 0.1) is 21.3 Å². The molecule has 0 atom stereocenters. The van der Waals surface area contributed by atoms with Crippen LogP contribution in [0.25, 0.3) is 102 Å². The molecule has 3 aromatic heterocycles. The van der Waals surface area contributed by atoms with Gasteiger partial charge in [-0.05, 0) is 62.5 Å². The van der Waals surface area contributed by atoms with E-state index in [2.05, 4.69) is 163 Å². The number of hydrogen-bond donors (Lipinski definition) is 0. The largest absolute Gasteiger partial charge is 0.293 e. The van der Waals surface area contributed by atoms with Gasteiger partial charge in [-0.25, -0.2) is 4.98 Å². The third-order valence-electron chi connectivity index (χ3n) is 10.5. The number of pyridine rings is 1. The van der Waals surface area contributed by atoms with Crippen LogP contribution in [0.15, 0.2) is 152 Å². The zero-order valence-electron chi connectivity index (χ0n) is 26.7. The average molecular weight is 641 g/mol. The first kappa shape index (κ1) is 27.0. The summed E-state index contributed by atoms with van der Waals surface area (Å²) in [5.41, 5.74) is 7.05. The van der Waals surface area contributed by atoms with Crippen LogP contribution in [0, 0.1) is 6.92 Å². The van der Waals surface area contributed by atoms with E-state index in [4.69, 9.17) is 4.98 Å². The average Bonchev–Trinajstić information content (AvgIpc) is 3.71. The van der Waals surface area contributed by atoms with Crippen molar-refractivity contribution in [3.05, 3.63) is 157 Å². The molecule has 0 unspecified atom stereocenters. The van der Waals surface area contributed by atoms with Crippen molar-refractivity contribution < 1.29 is 0 Å². The van der Waals surface area contributed by atoms with E-state index in [0.29, 0.717) is 0 Å². The van der Waals surface area contributed by atoms with E-state index >= 15 is 0 Å². The highest BCUT2D eigenvalue weighted by molar-refractivity contribution is 7.26. The van der Waals surface area contributed by atoms with Crippen LogP contribution in [-0.2, 0) is 0 Å². The molecular formula is C46H28N2S. The van der Waals surface area contributed by atoms with Gasteiger partial charge in [0, 0.05) is 37.2 Å². The van der Waals surface area contributed by atoms with Crippen LogP contribution in [0.3, 0.4) is 0 Å². The summed E-state index contributed by atoms with van der Waals surface area (Å²) in [6.45, 7) is 2.28. The molecule has 0 spiro atoms. The SMILES string of the molecule is Cc1c(-c2ccccc2)c(-n2c3ccc4c5ccccc5c5ccccc5c4c3c3ccc4ccccc4c32)nc2c1sc1ccccc12. The van der Waals surface area contributed by atoms with Crippen LogP contribution in [0.4, 0.5) is 0 Å². The Hall–Kier alpha value is -6.03. The van der Waals surface area contributed by atoms with Gasteiger partial charge in [0.2, 0.25) is 0 Å². The van der Waals surface area contributed by atoms with E-state index in [-0.39, 0.29) is 0 Å². The lowest BCUT2D eigenvalue weighted by atomic mass is 9.91. The second-order valence-electron chi connectivity index (χ2n) is 13.1. The minimum absolute atomic E-state index is 0.973. The van der Waals surface area contributed by atoms with Crippen LogP contribution in [0.5, 0.6) is 0 Å². The van der Waals surface area contributed by atoms with Gasteiger partial charge in [-0.1, -0.05) is 140 Å². The molecule has 2 nitrogen and oxygen atoms in total. The summed E-state index contributed by atoms with van der Waals surface area (Å²) >= 11 is 1.85. The number of benzene rings is 8. The maximum absolute atomic E-state index is 5.72. The summed E-state index contributed by atoms with van der Waals surface area (Å²) in [6.07, 6.45) is 0. The van der Waals surface area contributed by atoms with Crippen LogP contribution >= 0.6 is 11.3 Å². The van der Waals surface area contributed by atoms with Gasteiger partial charge in [0.25, 0.3) is 0 Å². The minimum Gasteiger partial charge on any atom is -0.293 e. The number of nitrogens with zero attached hydrogens (tertiary/aromatic N) is 2. The van der Waals surface area contributed by atoms with Gasteiger partial charge in [-0.15, -0.1) is 11.3 Å². The molecule has 3 heterocycles. The quantitative estimate of drug-likeness (QED) is 0.172. The van der Waals surface area contributed by atoms with Crippen molar-refractivity contribution in [1.29, 1.82) is 0 Å². The predicted molar refractivity (Wildman–Crippen MR) is 212 cm³/mol. The zero-order chi connectivity index (χ0) is 32.2. The molecule has 0 aliphatic rings. The lowest BCUT2D eigenvalue weighted by Crippen LogP contribution is -2.03. The molecule has 0 saturated carbocycles. The first-order chi connectivity index (χ1) is 24.3. The summed E-state index contributed by atoms with van der Waals surface area (Å²) in [5, 5.41) is 13.9. The number of rotatable bonds is 2. The summed E-state index contributed by atoms with van der Waals surface area (Å²) in [7, 11) is 0. The molecule has 3 heteroatoms. The highest BCUT2D eigenvalue weighted by atomic mass is 32.1. The maximum atomic E-state index is 5.72. The Morgan fingerprint density at radius 2 is 1.08 bits per heavy atom. The number of thiophene rings is 1. The Labute approximate surface area is 286 Å². The minimum atomic E-state index is 0.973. The molecule has 8 aromatic carbocycles. The Kier molecular flexibility index (Phi) is 5.50. The smallest absolute Gasteiger partial charge is 0.146 e. The van der Waals surface area contributed by atoms with Crippen molar-refractivity contribution in [1.82, 2.24) is 9.55 Å². The predicted octanol–water partition coefficient (Wildman–Crippen LogP) is 13.1. The van der Waals surface area contributed by atoms with Gasteiger partial charge in [-0.3, -0.25) is 4.57 Å². The third kappa shape index (κ3) is 3.63. The molecule has 0 aliphatic carbocycles. The summed E-state index contributed by atoms with van der Waals surface area (Å²) in [6, 6.07) is 55.4. The van der Waals surface area contributed by atoms with Gasteiger partial charge in [0.1, 0.15) is 5.82 Å². The van der Waals surface area contributed by atoms with Gasteiger partial charge in [-0.2, -0.15) is 0 Å². The number of fused-ring (bicyclic) bond motifs is 15. The Balaban J connectivity index is 1.43. The molecule has 0 saturated heterocycles. The van der Waals surface area contributed by atoms with Crippen molar-refractivity contribution in [3.63, 3.8) is 0 Å². The molecule has 0 N–H and O–H groups in total. The van der Waals surface area contributed by atoms with Crippen molar-refractivity contribution in [2.24, 2.45) is 0 Å².